The quantitative estimate of drug-likeness (QED) is 0.684. The molecule has 0 amide bonds. The molecule has 5 heteroatoms. The zero-order chi connectivity index (χ0) is 21.3. The summed E-state index contributed by atoms with van der Waals surface area (Å²) >= 11 is 0. The molecule has 0 radical (unpaired) electrons. The van der Waals surface area contributed by atoms with Gasteiger partial charge in [0, 0.05) is 17.9 Å². The highest BCUT2D eigenvalue weighted by atomic mass is 16.5. The van der Waals surface area contributed by atoms with E-state index in [1.54, 1.807) is 14.2 Å². The van der Waals surface area contributed by atoms with Crippen molar-refractivity contribution in [2.45, 2.75) is 37.6 Å². The predicted molar refractivity (Wildman–Crippen MR) is 116 cm³/mol. The van der Waals surface area contributed by atoms with Crippen molar-refractivity contribution in [1.82, 2.24) is 4.90 Å². The van der Waals surface area contributed by atoms with Gasteiger partial charge in [0.15, 0.2) is 11.5 Å². The van der Waals surface area contributed by atoms with Crippen LogP contribution in [-0.2, 0) is 10.2 Å². The molecule has 2 aliphatic rings. The molecular weight excluding hydrogens is 378 g/mol. The molecule has 1 heterocycles. The molecule has 158 valence electrons. The van der Waals surface area contributed by atoms with E-state index in [-0.39, 0.29) is 17.4 Å². The van der Waals surface area contributed by atoms with E-state index in [0.29, 0.717) is 5.56 Å². The van der Waals surface area contributed by atoms with Crippen molar-refractivity contribution in [3.05, 3.63) is 71.0 Å². The van der Waals surface area contributed by atoms with Crippen molar-refractivity contribution in [1.29, 1.82) is 0 Å². The number of fused-ring (bicyclic) bond motifs is 1. The van der Waals surface area contributed by atoms with Gasteiger partial charge in [-0.25, -0.2) is 4.79 Å². The summed E-state index contributed by atoms with van der Waals surface area (Å²) in [5.74, 6) is 1.95. The first-order valence-corrected chi connectivity index (χ1v) is 10.4. The molecule has 1 fully saturated rings. The second-order valence-electron chi connectivity index (χ2n) is 8.29. The van der Waals surface area contributed by atoms with E-state index in [4.69, 9.17) is 14.2 Å². The van der Waals surface area contributed by atoms with Crippen LogP contribution in [0.1, 0.15) is 40.7 Å². The van der Waals surface area contributed by atoms with Crippen molar-refractivity contribution in [2.75, 3.05) is 27.8 Å². The molecule has 1 saturated heterocycles. The van der Waals surface area contributed by atoms with Gasteiger partial charge in [-0.1, -0.05) is 23.8 Å². The lowest BCUT2D eigenvalue weighted by atomic mass is 9.68. The van der Waals surface area contributed by atoms with E-state index in [2.05, 4.69) is 30.2 Å². The van der Waals surface area contributed by atoms with Gasteiger partial charge in [0.25, 0.3) is 0 Å². The third-order valence-electron chi connectivity index (χ3n) is 6.58. The SMILES string of the molecule is COc1ccc(C23CCC(OC(=O)c4ccc(C)cc4)=CC2N(C)CC3)cc1OC. The fourth-order valence-corrected chi connectivity index (χ4v) is 4.81. The summed E-state index contributed by atoms with van der Waals surface area (Å²) in [6, 6.07) is 13.9. The molecule has 2 unspecified atom stereocenters. The zero-order valence-electron chi connectivity index (χ0n) is 18.1. The van der Waals surface area contributed by atoms with Gasteiger partial charge in [-0.05, 0) is 69.3 Å². The fourth-order valence-electron chi connectivity index (χ4n) is 4.81. The van der Waals surface area contributed by atoms with E-state index in [1.165, 1.54) is 5.56 Å². The van der Waals surface area contributed by atoms with Crippen LogP contribution in [0.4, 0.5) is 0 Å². The Morgan fingerprint density at radius 2 is 1.77 bits per heavy atom. The van der Waals surface area contributed by atoms with Crippen molar-refractivity contribution < 1.29 is 19.0 Å². The Morgan fingerprint density at radius 1 is 1.03 bits per heavy atom. The minimum atomic E-state index is -0.291. The number of hydrogen-bond acceptors (Lipinski definition) is 5. The molecule has 1 aliphatic carbocycles. The second kappa shape index (κ2) is 8.15. The molecule has 0 N–H and O–H groups in total. The zero-order valence-corrected chi connectivity index (χ0v) is 18.1. The van der Waals surface area contributed by atoms with Crippen molar-refractivity contribution >= 4 is 5.97 Å². The third kappa shape index (κ3) is 3.58. The third-order valence-corrected chi connectivity index (χ3v) is 6.58. The van der Waals surface area contributed by atoms with Crippen LogP contribution in [-0.4, -0.2) is 44.7 Å². The highest BCUT2D eigenvalue weighted by molar-refractivity contribution is 5.90. The van der Waals surface area contributed by atoms with Crippen LogP contribution in [0.5, 0.6) is 11.5 Å². The molecule has 4 rings (SSSR count). The summed E-state index contributed by atoms with van der Waals surface area (Å²) in [7, 11) is 5.45. The van der Waals surface area contributed by atoms with Crippen LogP contribution in [0.2, 0.25) is 0 Å². The van der Waals surface area contributed by atoms with Crippen molar-refractivity contribution in [3.63, 3.8) is 0 Å². The topological polar surface area (TPSA) is 48.0 Å². The number of rotatable bonds is 5. The maximum atomic E-state index is 12.6. The molecule has 5 nitrogen and oxygen atoms in total. The van der Waals surface area contributed by atoms with Crippen LogP contribution in [0, 0.1) is 6.92 Å². The number of carbonyl (C=O) groups excluding carboxylic acids is 1. The smallest absolute Gasteiger partial charge is 0.343 e. The molecule has 0 bridgehead atoms. The predicted octanol–water partition coefficient (Wildman–Crippen LogP) is 4.49. The number of likely N-dealkylation sites (N-methyl/N-ethyl adjacent to an activating group) is 1. The van der Waals surface area contributed by atoms with Crippen molar-refractivity contribution in [3.8, 4) is 11.5 Å². The number of carbonyl (C=O) groups is 1. The number of esters is 1. The first kappa shape index (κ1) is 20.5. The van der Waals surface area contributed by atoms with Gasteiger partial charge in [-0.2, -0.15) is 0 Å². The highest BCUT2D eigenvalue weighted by Gasteiger charge is 2.48. The lowest BCUT2D eigenvalue weighted by Gasteiger charge is -2.40. The number of aryl methyl sites for hydroxylation is 1. The molecule has 0 aromatic heterocycles. The lowest BCUT2D eigenvalue weighted by Crippen LogP contribution is -2.42. The van der Waals surface area contributed by atoms with Crippen LogP contribution in [0.15, 0.2) is 54.3 Å². The largest absolute Gasteiger partial charge is 0.493 e. The van der Waals surface area contributed by atoms with E-state index >= 15 is 0 Å². The second-order valence-corrected chi connectivity index (χ2v) is 8.29. The summed E-state index contributed by atoms with van der Waals surface area (Å²) in [6.07, 6.45) is 4.85. The minimum absolute atomic E-state index is 0.0198. The van der Waals surface area contributed by atoms with E-state index in [9.17, 15) is 4.79 Å². The van der Waals surface area contributed by atoms with Crippen molar-refractivity contribution in [2.24, 2.45) is 0 Å². The average Bonchev–Trinajstić information content (AvgIpc) is 3.11. The molecule has 2 aromatic rings. The first-order chi connectivity index (χ1) is 14.5. The number of hydrogen-bond donors (Lipinski definition) is 0. The lowest BCUT2D eigenvalue weighted by molar-refractivity contribution is 0.0593. The van der Waals surface area contributed by atoms with Gasteiger partial charge in [-0.3, -0.25) is 4.90 Å². The normalized spacial score (nSPS) is 23.5. The summed E-state index contributed by atoms with van der Waals surface area (Å²) in [5, 5.41) is 0. The Morgan fingerprint density at radius 3 is 2.47 bits per heavy atom. The number of nitrogens with zero attached hydrogens (tertiary/aromatic N) is 1. The maximum absolute atomic E-state index is 12.6. The molecule has 2 atom stereocenters. The molecule has 2 aromatic carbocycles. The van der Waals surface area contributed by atoms with Gasteiger partial charge in [0.05, 0.1) is 19.8 Å². The fraction of sp³-hybridized carbons (Fsp3) is 0.400. The Labute approximate surface area is 178 Å². The Bertz CT molecular complexity index is 966. The van der Waals surface area contributed by atoms with Crippen LogP contribution >= 0.6 is 0 Å². The molecule has 0 spiro atoms. The van der Waals surface area contributed by atoms with Crippen LogP contribution in [0.3, 0.4) is 0 Å². The molecule has 1 aliphatic heterocycles. The summed E-state index contributed by atoms with van der Waals surface area (Å²) < 4.78 is 16.7. The summed E-state index contributed by atoms with van der Waals surface area (Å²) in [5.41, 5.74) is 2.93. The van der Waals surface area contributed by atoms with Gasteiger partial charge < -0.3 is 14.2 Å². The number of benzene rings is 2. The summed E-state index contributed by atoms with van der Waals surface area (Å²) in [4.78, 5) is 14.9. The maximum Gasteiger partial charge on any atom is 0.343 e. The Balaban J connectivity index is 1.61. The van der Waals surface area contributed by atoms with Crippen LogP contribution < -0.4 is 9.47 Å². The van der Waals surface area contributed by atoms with Gasteiger partial charge in [0.2, 0.25) is 0 Å². The van der Waals surface area contributed by atoms with E-state index in [1.807, 2.05) is 37.3 Å². The number of methoxy groups -OCH3 is 2. The minimum Gasteiger partial charge on any atom is -0.493 e. The number of ether oxygens (including phenoxy) is 3. The standard InChI is InChI=1S/C25H29NO4/c1-17-5-7-18(8-6-17)24(27)30-20-11-12-25(13-14-26(2)23(25)16-20)19-9-10-21(28-3)22(15-19)29-4/h5-10,15-16,23H,11-14H2,1-4H3. The number of allylic oxidation sites excluding steroid dienone is 1. The first-order valence-electron chi connectivity index (χ1n) is 10.4. The van der Waals surface area contributed by atoms with Gasteiger partial charge >= 0.3 is 5.97 Å². The monoisotopic (exact) mass is 407 g/mol. The van der Waals surface area contributed by atoms with Crippen LogP contribution in [0.25, 0.3) is 0 Å². The average molecular weight is 408 g/mol. The van der Waals surface area contributed by atoms with Gasteiger partial charge in [-0.15, -0.1) is 0 Å². The Hall–Kier alpha value is -2.79. The molecule has 0 saturated carbocycles. The van der Waals surface area contributed by atoms with E-state index in [0.717, 1.165) is 48.6 Å². The molecule has 30 heavy (non-hydrogen) atoms. The van der Waals surface area contributed by atoms with Gasteiger partial charge in [0.1, 0.15) is 5.76 Å². The highest BCUT2D eigenvalue weighted by Crippen LogP contribution is 2.49. The summed E-state index contributed by atoms with van der Waals surface area (Å²) in [6.45, 7) is 3.00. The number of likely N-dealkylation sites (tertiary alicyclic amines) is 1. The molecular formula is C25H29NO4. The Kier molecular flexibility index (Phi) is 5.56. The van der Waals surface area contributed by atoms with E-state index < -0.39 is 0 Å².